The molecule has 0 spiro atoms. The molecular weight excluding hydrogens is 330 g/mol. The van der Waals surface area contributed by atoms with Crippen LogP contribution in [0, 0.1) is 5.41 Å². The van der Waals surface area contributed by atoms with E-state index in [2.05, 4.69) is 15.2 Å². The van der Waals surface area contributed by atoms with Gasteiger partial charge < -0.3 is 24.4 Å². The van der Waals surface area contributed by atoms with Crippen molar-refractivity contribution in [3.8, 4) is 11.5 Å². The maximum absolute atomic E-state index is 5.80. The molecular formula is C20H33N3O3. The minimum atomic E-state index is 0.394. The van der Waals surface area contributed by atoms with E-state index in [9.17, 15) is 0 Å². The summed E-state index contributed by atoms with van der Waals surface area (Å²) in [7, 11) is 5.52. The number of nitrogens with zero attached hydrogens (tertiary/aromatic N) is 2. The summed E-state index contributed by atoms with van der Waals surface area (Å²) in [5.74, 6) is 2.58. The van der Waals surface area contributed by atoms with Crippen molar-refractivity contribution in [2.24, 2.45) is 10.4 Å². The van der Waals surface area contributed by atoms with E-state index in [4.69, 9.17) is 14.2 Å². The van der Waals surface area contributed by atoms with Crippen molar-refractivity contribution >= 4 is 5.96 Å². The summed E-state index contributed by atoms with van der Waals surface area (Å²) in [6.07, 6.45) is 3.66. The fourth-order valence-corrected chi connectivity index (χ4v) is 2.85. The quantitative estimate of drug-likeness (QED) is 0.372. The highest BCUT2D eigenvalue weighted by molar-refractivity contribution is 5.79. The number of ether oxygens (including phenoxy) is 3. The fourth-order valence-electron chi connectivity index (χ4n) is 2.85. The first-order valence-corrected chi connectivity index (χ1v) is 9.39. The van der Waals surface area contributed by atoms with Gasteiger partial charge in [0, 0.05) is 33.9 Å². The number of hydrogen-bond acceptors (Lipinski definition) is 4. The predicted molar refractivity (Wildman–Crippen MR) is 105 cm³/mol. The molecule has 1 aliphatic carbocycles. The van der Waals surface area contributed by atoms with E-state index in [-0.39, 0.29) is 0 Å². The number of benzene rings is 1. The summed E-state index contributed by atoms with van der Waals surface area (Å²) in [5.41, 5.74) is 0.394. The number of nitrogens with one attached hydrogen (secondary N) is 1. The Labute approximate surface area is 157 Å². The lowest BCUT2D eigenvalue weighted by Gasteiger charge is -2.24. The highest BCUT2D eigenvalue weighted by atomic mass is 16.5. The van der Waals surface area contributed by atoms with Crippen LogP contribution in [0.5, 0.6) is 11.5 Å². The summed E-state index contributed by atoms with van der Waals surface area (Å²) in [5, 5.41) is 3.51. The highest BCUT2D eigenvalue weighted by Crippen LogP contribution is 2.48. The van der Waals surface area contributed by atoms with E-state index in [1.807, 2.05) is 45.3 Å². The number of rotatable bonds is 11. The van der Waals surface area contributed by atoms with E-state index in [1.54, 1.807) is 7.11 Å². The number of methoxy groups -OCH3 is 1. The van der Waals surface area contributed by atoms with Crippen molar-refractivity contribution < 1.29 is 14.2 Å². The standard InChI is InChI=1S/C20H33N3O3/c1-5-25-14-12-20(10-11-20)16-22-19(21-2)23(3)13-15-26-18-8-6-17(24-4)7-9-18/h6-9H,5,10-16H2,1-4H3,(H,21,22). The number of likely N-dealkylation sites (N-methyl/N-ethyl adjacent to an activating group) is 1. The second-order valence-corrected chi connectivity index (χ2v) is 6.79. The molecule has 0 saturated heterocycles. The van der Waals surface area contributed by atoms with Crippen molar-refractivity contribution in [1.29, 1.82) is 0 Å². The van der Waals surface area contributed by atoms with Crippen molar-refractivity contribution in [1.82, 2.24) is 10.2 Å². The molecule has 1 fully saturated rings. The topological polar surface area (TPSA) is 55.3 Å². The Bertz CT molecular complexity index is 556. The lowest BCUT2D eigenvalue weighted by atomic mass is 10.0. The number of guanidine groups is 1. The zero-order valence-corrected chi connectivity index (χ0v) is 16.6. The van der Waals surface area contributed by atoms with Gasteiger partial charge in [-0.3, -0.25) is 4.99 Å². The fraction of sp³-hybridized carbons (Fsp3) is 0.650. The molecule has 2 rings (SSSR count). The third kappa shape index (κ3) is 6.41. The molecule has 0 unspecified atom stereocenters. The van der Waals surface area contributed by atoms with Crippen LogP contribution in [0.25, 0.3) is 0 Å². The van der Waals surface area contributed by atoms with Gasteiger partial charge in [-0.05, 0) is 55.9 Å². The van der Waals surface area contributed by atoms with E-state index in [0.29, 0.717) is 12.0 Å². The molecule has 0 aliphatic heterocycles. The van der Waals surface area contributed by atoms with Crippen LogP contribution in [-0.2, 0) is 4.74 Å². The summed E-state index contributed by atoms with van der Waals surface area (Å²) >= 11 is 0. The van der Waals surface area contributed by atoms with Gasteiger partial charge in [0.15, 0.2) is 5.96 Å². The molecule has 0 amide bonds. The molecule has 0 atom stereocenters. The molecule has 26 heavy (non-hydrogen) atoms. The highest BCUT2D eigenvalue weighted by Gasteiger charge is 2.42. The first kappa shape index (κ1) is 20.4. The van der Waals surface area contributed by atoms with Crippen LogP contribution >= 0.6 is 0 Å². The van der Waals surface area contributed by atoms with Gasteiger partial charge in [0.25, 0.3) is 0 Å². The van der Waals surface area contributed by atoms with E-state index in [1.165, 1.54) is 12.8 Å². The molecule has 6 heteroatoms. The van der Waals surface area contributed by atoms with Gasteiger partial charge in [-0.2, -0.15) is 0 Å². The second-order valence-electron chi connectivity index (χ2n) is 6.79. The van der Waals surface area contributed by atoms with Crippen molar-refractivity contribution in [2.45, 2.75) is 26.2 Å². The first-order chi connectivity index (χ1) is 12.6. The van der Waals surface area contributed by atoms with Crippen LogP contribution < -0.4 is 14.8 Å². The second kappa shape index (κ2) is 10.3. The molecule has 6 nitrogen and oxygen atoms in total. The lowest BCUT2D eigenvalue weighted by molar-refractivity contribution is 0.128. The van der Waals surface area contributed by atoms with Crippen molar-refractivity contribution in [3.05, 3.63) is 24.3 Å². The molecule has 0 heterocycles. The van der Waals surface area contributed by atoms with Gasteiger partial charge in [0.05, 0.1) is 13.7 Å². The summed E-state index contributed by atoms with van der Waals surface area (Å²) < 4.78 is 16.5. The Morgan fingerprint density at radius 1 is 1.19 bits per heavy atom. The van der Waals surface area contributed by atoms with Crippen molar-refractivity contribution in [2.75, 3.05) is 54.1 Å². The smallest absolute Gasteiger partial charge is 0.193 e. The van der Waals surface area contributed by atoms with E-state index in [0.717, 1.165) is 50.2 Å². The molecule has 1 aliphatic rings. The third-order valence-corrected chi connectivity index (χ3v) is 4.89. The monoisotopic (exact) mass is 363 g/mol. The van der Waals surface area contributed by atoms with E-state index < -0.39 is 0 Å². The van der Waals surface area contributed by atoms with Crippen LogP contribution in [-0.4, -0.2) is 65.0 Å². The molecule has 1 N–H and O–H groups in total. The van der Waals surface area contributed by atoms with Crippen LogP contribution in [0.2, 0.25) is 0 Å². The third-order valence-electron chi connectivity index (χ3n) is 4.89. The Hall–Kier alpha value is -1.95. The average Bonchev–Trinajstić information content (AvgIpc) is 3.43. The van der Waals surface area contributed by atoms with Gasteiger partial charge >= 0.3 is 0 Å². The van der Waals surface area contributed by atoms with Gasteiger partial charge in [0.1, 0.15) is 18.1 Å². The minimum absolute atomic E-state index is 0.394. The SMILES string of the molecule is CCOCCC1(CNC(=NC)N(C)CCOc2ccc(OC)cc2)CC1. The Balaban J connectivity index is 1.70. The minimum Gasteiger partial charge on any atom is -0.497 e. The van der Waals surface area contributed by atoms with Gasteiger partial charge in [-0.25, -0.2) is 0 Å². The Morgan fingerprint density at radius 3 is 2.46 bits per heavy atom. The first-order valence-electron chi connectivity index (χ1n) is 9.39. The van der Waals surface area contributed by atoms with Crippen LogP contribution in [0.15, 0.2) is 29.3 Å². The van der Waals surface area contributed by atoms with Crippen LogP contribution in [0.3, 0.4) is 0 Å². The Kier molecular flexibility index (Phi) is 8.04. The predicted octanol–water partition coefficient (Wildman–Crippen LogP) is 2.79. The molecule has 1 aromatic rings. The molecule has 0 aromatic heterocycles. The van der Waals surface area contributed by atoms with Crippen molar-refractivity contribution in [3.63, 3.8) is 0 Å². The zero-order chi connectivity index (χ0) is 18.8. The van der Waals surface area contributed by atoms with E-state index >= 15 is 0 Å². The maximum Gasteiger partial charge on any atom is 0.193 e. The molecule has 0 radical (unpaired) electrons. The molecule has 1 aromatic carbocycles. The number of hydrogen-bond donors (Lipinski definition) is 1. The Morgan fingerprint density at radius 2 is 1.88 bits per heavy atom. The summed E-state index contributed by atoms with van der Waals surface area (Å²) in [4.78, 5) is 6.49. The molecule has 146 valence electrons. The van der Waals surface area contributed by atoms with Gasteiger partial charge in [-0.15, -0.1) is 0 Å². The summed E-state index contributed by atoms with van der Waals surface area (Å²) in [6.45, 7) is 6.00. The molecule has 0 bridgehead atoms. The lowest BCUT2D eigenvalue weighted by Crippen LogP contribution is -2.43. The van der Waals surface area contributed by atoms with Crippen LogP contribution in [0.4, 0.5) is 0 Å². The number of aliphatic imine (C=N–C) groups is 1. The summed E-state index contributed by atoms with van der Waals surface area (Å²) in [6, 6.07) is 7.63. The largest absolute Gasteiger partial charge is 0.497 e. The zero-order valence-electron chi connectivity index (χ0n) is 16.6. The van der Waals surface area contributed by atoms with Gasteiger partial charge in [0.2, 0.25) is 0 Å². The van der Waals surface area contributed by atoms with Crippen LogP contribution in [0.1, 0.15) is 26.2 Å². The normalized spacial score (nSPS) is 15.5. The van der Waals surface area contributed by atoms with Gasteiger partial charge in [-0.1, -0.05) is 0 Å². The maximum atomic E-state index is 5.80. The average molecular weight is 364 g/mol. The molecule has 1 saturated carbocycles.